The van der Waals surface area contributed by atoms with Gasteiger partial charge in [-0.15, -0.1) is 0 Å². The monoisotopic (exact) mass is 582 g/mol. The van der Waals surface area contributed by atoms with Crippen molar-refractivity contribution in [2.24, 2.45) is 17.6 Å². The minimum Gasteiger partial charge on any atom is -0.446 e. The van der Waals surface area contributed by atoms with Crippen molar-refractivity contribution in [1.82, 2.24) is 4.90 Å². The Morgan fingerprint density at radius 1 is 1.00 bits per heavy atom. The molecule has 6 nitrogen and oxygen atoms in total. The summed E-state index contributed by atoms with van der Waals surface area (Å²) in [5.41, 5.74) is 7.02. The van der Waals surface area contributed by atoms with Gasteiger partial charge in [0.05, 0.1) is 11.5 Å². The third-order valence-electron chi connectivity index (χ3n) is 8.87. The fourth-order valence-corrected chi connectivity index (χ4v) is 7.56. The summed E-state index contributed by atoms with van der Waals surface area (Å²) in [5.74, 6) is 0.856. The number of ether oxygens (including phenoxy) is 1. The minimum atomic E-state index is -0.764. The zero-order valence-electron chi connectivity index (χ0n) is 24.5. The first kappa shape index (κ1) is 30.0. The lowest BCUT2D eigenvalue weighted by molar-refractivity contribution is 0.0617. The molecule has 3 aromatic carbocycles. The zero-order valence-corrected chi connectivity index (χ0v) is 25.3. The Morgan fingerprint density at radius 2 is 1.62 bits per heavy atom. The molecule has 2 heterocycles. The molecule has 2 N–H and O–H groups in total. The van der Waals surface area contributed by atoms with Crippen molar-refractivity contribution in [3.8, 4) is 6.07 Å². The van der Waals surface area contributed by atoms with Gasteiger partial charge in [-0.3, -0.25) is 0 Å². The van der Waals surface area contributed by atoms with Crippen LogP contribution in [-0.2, 0) is 10.2 Å². The van der Waals surface area contributed by atoms with Gasteiger partial charge < -0.3 is 20.3 Å². The van der Waals surface area contributed by atoms with E-state index in [1.807, 2.05) is 24.3 Å². The highest BCUT2D eigenvalue weighted by atomic mass is 32.2. The molecule has 2 saturated heterocycles. The van der Waals surface area contributed by atoms with Crippen molar-refractivity contribution >= 4 is 23.5 Å². The first-order chi connectivity index (χ1) is 20.5. The lowest BCUT2D eigenvalue weighted by atomic mass is 9.64. The number of anilines is 1. The van der Waals surface area contributed by atoms with Crippen LogP contribution in [0, 0.1) is 23.2 Å². The van der Waals surface area contributed by atoms with E-state index in [2.05, 4.69) is 83.5 Å². The topological polar surface area (TPSA) is 82.6 Å². The van der Waals surface area contributed by atoms with Crippen LogP contribution in [0.5, 0.6) is 0 Å². The Bertz CT molecular complexity index is 1320. The number of hydrogen-bond donors (Lipinski definition) is 1. The molecule has 2 fully saturated rings. The van der Waals surface area contributed by atoms with Gasteiger partial charge in [-0.05, 0) is 80.2 Å². The summed E-state index contributed by atoms with van der Waals surface area (Å²) >= 11 is 1.79. The van der Waals surface area contributed by atoms with Crippen LogP contribution in [0.25, 0.3) is 0 Å². The normalized spacial score (nSPS) is 18.4. The quantitative estimate of drug-likeness (QED) is 0.245. The van der Waals surface area contributed by atoms with Gasteiger partial charge in [-0.25, -0.2) is 4.79 Å². The van der Waals surface area contributed by atoms with Gasteiger partial charge in [0, 0.05) is 47.5 Å². The van der Waals surface area contributed by atoms with E-state index < -0.39 is 11.5 Å². The average Bonchev–Trinajstić information content (AvgIpc) is 2.99. The molecule has 2 aliphatic rings. The van der Waals surface area contributed by atoms with Crippen molar-refractivity contribution in [1.29, 1.82) is 5.26 Å². The molecule has 5 rings (SSSR count). The third-order valence-corrected chi connectivity index (χ3v) is 9.89. The molecule has 0 aromatic heterocycles. The number of carbonyl (C=O) groups excluding carboxylic acids is 1. The van der Waals surface area contributed by atoms with Crippen LogP contribution >= 0.6 is 11.8 Å². The highest BCUT2D eigenvalue weighted by molar-refractivity contribution is 7.99. The number of nitrogens with two attached hydrogens (primary N) is 1. The number of nitrogens with zero attached hydrogens (tertiary/aromatic N) is 3. The Labute approximate surface area is 254 Å². The summed E-state index contributed by atoms with van der Waals surface area (Å²) in [6.45, 7) is 7.30. The fraction of sp³-hybridized carbons (Fsp3) is 0.429. The van der Waals surface area contributed by atoms with Gasteiger partial charge >= 0.3 is 6.09 Å². The molecule has 42 heavy (non-hydrogen) atoms. The van der Waals surface area contributed by atoms with E-state index in [4.69, 9.17) is 10.5 Å². The first-order valence-electron chi connectivity index (χ1n) is 15.2. The summed E-state index contributed by atoms with van der Waals surface area (Å²) in [6.07, 6.45) is 2.82. The average molecular weight is 583 g/mol. The van der Waals surface area contributed by atoms with Gasteiger partial charge in [-0.1, -0.05) is 73.6 Å². The Balaban J connectivity index is 1.15. The first-order valence-corrected chi connectivity index (χ1v) is 16.0. The van der Waals surface area contributed by atoms with E-state index in [0.29, 0.717) is 18.8 Å². The van der Waals surface area contributed by atoms with Gasteiger partial charge in [0.1, 0.15) is 6.10 Å². The maximum absolute atomic E-state index is 11.7. The van der Waals surface area contributed by atoms with Crippen LogP contribution in [0.3, 0.4) is 0 Å². The predicted octanol–water partition coefficient (Wildman–Crippen LogP) is 7.10. The van der Waals surface area contributed by atoms with E-state index in [1.165, 1.54) is 15.5 Å². The maximum atomic E-state index is 11.7. The lowest BCUT2D eigenvalue weighted by Crippen LogP contribution is -2.53. The summed E-state index contributed by atoms with van der Waals surface area (Å²) in [4.78, 5) is 19.2. The highest BCUT2D eigenvalue weighted by Crippen LogP contribution is 2.43. The van der Waals surface area contributed by atoms with Gasteiger partial charge in [0.15, 0.2) is 0 Å². The molecule has 0 bridgehead atoms. The number of rotatable bonds is 12. The van der Waals surface area contributed by atoms with Crippen molar-refractivity contribution in [2.75, 3.05) is 37.6 Å². The molecule has 220 valence electrons. The molecule has 1 amide bonds. The van der Waals surface area contributed by atoms with Crippen molar-refractivity contribution in [2.45, 2.75) is 60.3 Å². The van der Waals surface area contributed by atoms with Crippen molar-refractivity contribution < 1.29 is 9.53 Å². The standard InChI is InChI=1S/C35H42N4O2S/c1-2-9-31(41-34(37)40)22-35(26-36,28-10-5-3-6-11-28)29-18-20-38(21-19-29)23-27-24-39(25-27)30-14-16-33(17-15-30)42-32-12-7-4-8-13-32/h3-8,10-17,27,29,31H,2,9,18-25H2,1H3,(H2,37,40). The predicted molar refractivity (Wildman–Crippen MR) is 170 cm³/mol. The van der Waals surface area contributed by atoms with Gasteiger partial charge in [0.25, 0.3) is 0 Å². The number of likely N-dealkylation sites (tertiary alicyclic amines) is 1. The molecule has 2 atom stereocenters. The smallest absolute Gasteiger partial charge is 0.404 e. The molecule has 7 heteroatoms. The summed E-state index contributed by atoms with van der Waals surface area (Å²) in [7, 11) is 0. The van der Waals surface area contributed by atoms with Crippen molar-refractivity contribution in [3.63, 3.8) is 0 Å². The molecule has 0 radical (unpaired) electrons. The molecule has 2 unspecified atom stereocenters. The number of primary amides is 1. The van der Waals surface area contributed by atoms with Gasteiger partial charge in [-0.2, -0.15) is 5.26 Å². The molecule has 2 aliphatic heterocycles. The van der Waals surface area contributed by atoms with E-state index in [-0.39, 0.29) is 12.0 Å². The second kappa shape index (κ2) is 14.1. The number of benzene rings is 3. The molecule has 0 aliphatic carbocycles. The summed E-state index contributed by atoms with van der Waals surface area (Å²) in [5, 5.41) is 10.7. The van der Waals surface area contributed by atoms with Crippen LogP contribution in [-0.4, -0.2) is 49.8 Å². The Morgan fingerprint density at radius 3 is 2.21 bits per heavy atom. The number of amides is 1. The van der Waals surface area contributed by atoms with Crippen molar-refractivity contribution in [3.05, 3.63) is 90.5 Å². The highest BCUT2D eigenvalue weighted by Gasteiger charge is 2.44. The van der Waals surface area contributed by atoms with E-state index >= 15 is 0 Å². The van der Waals surface area contributed by atoms with Crippen LogP contribution in [0.1, 0.15) is 44.6 Å². The molecular formula is C35H42N4O2S. The lowest BCUT2D eigenvalue weighted by Gasteiger charge is -2.46. The second-order valence-corrected chi connectivity index (χ2v) is 12.9. The molecular weight excluding hydrogens is 540 g/mol. The number of nitriles is 1. The fourth-order valence-electron chi connectivity index (χ4n) is 6.72. The van der Waals surface area contributed by atoms with Crippen LogP contribution < -0.4 is 10.6 Å². The summed E-state index contributed by atoms with van der Waals surface area (Å²) in [6, 6.07) is 32.2. The number of piperidine rings is 1. The van der Waals surface area contributed by atoms with E-state index in [0.717, 1.165) is 57.5 Å². The number of hydrogen-bond acceptors (Lipinski definition) is 6. The molecule has 0 spiro atoms. The van der Waals surface area contributed by atoms with E-state index in [1.54, 1.807) is 11.8 Å². The summed E-state index contributed by atoms with van der Waals surface area (Å²) < 4.78 is 5.51. The minimum absolute atomic E-state index is 0.196. The largest absolute Gasteiger partial charge is 0.446 e. The second-order valence-electron chi connectivity index (χ2n) is 11.8. The maximum Gasteiger partial charge on any atom is 0.404 e. The Hall–Kier alpha value is -3.47. The van der Waals surface area contributed by atoms with Crippen LogP contribution in [0.2, 0.25) is 0 Å². The zero-order chi connectivity index (χ0) is 29.4. The third kappa shape index (κ3) is 7.29. The Kier molecular flexibility index (Phi) is 10.1. The number of carbonyl (C=O) groups is 1. The van der Waals surface area contributed by atoms with E-state index in [9.17, 15) is 10.1 Å². The SMILES string of the molecule is CCCC(CC(C#N)(c1ccccc1)C1CCN(CC2CN(c3ccc(Sc4ccccc4)cc3)C2)CC1)OC(N)=O. The van der Waals surface area contributed by atoms with Crippen LogP contribution in [0.4, 0.5) is 10.5 Å². The van der Waals surface area contributed by atoms with Gasteiger partial charge in [0.2, 0.25) is 0 Å². The van der Waals surface area contributed by atoms with Crippen LogP contribution in [0.15, 0.2) is 94.7 Å². The molecule has 3 aromatic rings. The molecule has 0 saturated carbocycles.